The van der Waals surface area contributed by atoms with Crippen molar-refractivity contribution in [3.63, 3.8) is 0 Å². The van der Waals surface area contributed by atoms with E-state index in [2.05, 4.69) is 63.8 Å². The van der Waals surface area contributed by atoms with Crippen molar-refractivity contribution in [2.45, 2.75) is 32.7 Å². The summed E-state index contributed by atoms with van der Waals surface area (Å²) in [7, 11) is 0. The minimum Gasteiger partial charge on any atom is -0.370 e. The minimum absolute atomic E-state index is 0.916. The highest BCUT2D eigenvalue weighted by atomic mass is 127. The number of hydrogen-bond acceptors (Lipinski definition) is 2. The molecule has 4 heteroatoms. The molecule has 1 aromatic heterocycles. The van der Waals surface area contributed by atoms with Gasteiger partial charge < -0.3 is 5.32 Å². The van der Waals surface area contributed by atoms with Gasteiger partial charge in [0, 0.05) is 27.8 Å². The lowest BCUT2D eigenvalue weighted by molar-refractivity contribution is 0.665. The van der Waals surface area contributed by atoms with E-state index in [0.717, 1.165) is 25.2 Å². The number of anilines is 1. The maximum Gasteiger partial charge on any atom is 0.128 e. The summed E-state index contributed by atoms with van der Waals surface area (Å²) in [6.07, 6.45) is 3.61. The van der Waals surface area contributed by atoms with E-state index in [1.54, 1.807) is 0 Å². The van der Waals surface area contributed by atoms with Gasteiger partial charge in [0.1, 0.15) is 5.82 Å². The fourth-order valence-electron chi connectivity index (χ4n) is 2.64. The Morgan fingerprint density at radius 2 is 2.05 bits per heavy atom. The zero-order valence-corrected chi connectivity index (χ0v) is 13.3. The molecule has 1 aliphatic rings. The Labute approximate surface area is 127 Å². The average Bonchev–Trinajstić information content (AvgIpc) is 2.61. The predicted octanol–water partition coefficient (Wildman–Crippen LogP) is 3.92. The third kappa shape index (κ3) is 2.50. The number of fused-ring (bicyclic) bond motifs is 1. The Morgan fingerprint density at radius 3 is 2.79 bits per heavy atom. The lowest BCUT2D eigenvalue weighted by Gasteiger charge is -2.06. The molecule has 0 unspecified atom stereocenters. The van der Waals surface area contributed by atoms with Crippen molar-refractivity contribution in [3.8, 4) is 11.3 Å². The van der Waals surface area contributed by atoms with Crippen LogP contribution in [0.15, 0.2) is 24.3 Å². The van der Waals surface area contributed by atoms with Crippen LogP contribution in [0.5, 0.6) is 0 Å². The fourth-order valence-corrected chi connectivity index (χ4v) is 3.00. The minimum atomic E-state index is 0.916. The van der Waals surface area contributed by atoms with Crippen LogP contribution in [0.2, 0.25) is 0 Å². The van der Waals surface area contributed by atoms with Crippen LogP contribution in [0, 0.1) is 3.57 Å². The number of benzene rings is 1. The van der Waals surface area contributed by atoms with Crippen molar-refractivity contribution in [3.05, 3.63) is 33.4 Å². The Balaban J connectivity index is 2.10. The molecule has 0 saturated carbocycles. The monoisotopic (exact) mass is 367 g/mol. The maximum absolute atomic E-state index is 4.80. The summed E-state index contributed by atoms with van der Waals surface area (Å²) in [5, 5.41) is 8.35. The van der Waals surface area contributed by atoms with E-state index in [-0.39, 0.29) is 0 Å². The molecular formula is C15H18IN3. The molecule has 1 aliphatic heterocycles. The molecule has 2 heterocycles. The summed E-state index contributed by atoms with van der Waals surface area (Å²) >= 11 is 2.34. The lowest BCUT2D eigenvalue weighted by atomic mass is 10.0. The van der Waals surface area contributed by atoms with Gasteiger partial charge in [0.2, 0.25) is 0 Å². The van der Waals surface area contributed by atoms with E-state index in [4.69, 9.17) is 5.10 Å². The van der Waals surface area contributed by atoms with Crippen molar-refractivity contribution in [2.75, 3.05) is 11.9 Å². The van der Waals surface area contributed by atoms with Crippen LogP contribution in [0.1, 0.15) is 25.3 Å². The van der Waals surface area contributed by atoms with Gasteiger partial charge >= 0.3 is 0 Å². The second-order valence-corrected chi connectivity index (χ2v) is 6.13. The molecule has 1 N–H and O–H groups in total. The number of nitrogens with zero attached hydrogens (tertiary/aromatic N) is 2. The number of halogens is 1. The topological polar surface area (TPSA) is 29.9 Å². The molecule has 3 nitrogen and oxygen atoms in total. The first-order chi connectivity index (χ1) is 9.29. The van der Waals surface area contributed by atoms with Gasteiger partial charge in [-0.2, -0.15) is 5.10 Å². The molecule has 0 fully saturated rings. The smallest absolute Gasteiger partial charge is 0.128 e. The van der Waals surface area contributed by atoms with Crippen LogP contribution in [0.3, 0.4) is 0 Å². The second-order valence-electron chi connectivity index (χ2n) is 4.88. The van der Waals surface area contributed by atoms with Gasteiger partial charge in [0.25, 0.3) is 0 Å². The Kier molecular flexibility index (Phi) is 3.77. The van der Waals surface area contributed by atoms with Crippen molar-refractivity contribution in [2.24, 2.45) is 0 Å². The van der Waals surface area contributed by atoms with E-state index < -0.39 is 0 Å². The van der Waals surface area contributed by atoms with Crippen molar-refractivity contribution in [1.29, 1.82) is 0 Å². The predicted molar refractivity (Wildman–Crippen MR) is 87.5 cm³/mol. The molecule has 3 rings (SSSR count). The molecule has 100 valence electrons. The third-order valence-corrected chi connectivity index (χ3v) is 4.33. The normalized spacial score (nSPS) is 14.6. The van der Waals surface area contributed by atoms with E-state index in [1.807, 2.05) is 0 Å². The summed E-state index contributed by atoms with van der Waals surface area (Å²) in [6.45, 7) is 4.13. The first-order valence-electron chi connectivity index (χ1n) is 6.89. The second kappa shape index (κ2) is 5.53. The van der Waals surface area contributed by atoms with Gasteiger partial charge in [0.15, 0.2) is 0 Å². The van der Waals surface area contributed by atoms with Crippen molar-refractivity contribution in [1.82, 2.24) is 9.78 Å². The van der Waals surface area contributed by atoms with E-state index >= 15 is 0 Å². The molecule has 0 bridgehead atoms. The van der Waals surface area contributed by atoms with E-state index in [9.17, 15) is 0 Å². The summed E-state index contributed by atoms with van der Waals surface area (Å²) in [6, 6.07) is 8.65. The van der Waals surface area contributed by atoms with Gasteiger partial charge in [-0.15, -0.1) is 0 Å². The van der Waals surface area contributed by atoms with Crippen LogP contribution in [0.4, 0.5) is 5.82 Å². The zero-order valence-electron chi connectivity index (χ0n) is 11.1. The molecule has 0 saturated heterocycles. The first-order valence-corrected chi connectivity index (χ1v) is 7.97. The van der Waals surface area contributed by atoms with Gasteiger partial charge in [-0.25, -0.2) is 4.68 Å². The molecule has 19 heavy (non-hydrogen) atoms. The quantitative estimate of drug-likeness (QED) is 0.816. The first kappa shape index (κ1) is 13.0. The molecule has 0 aliphatic carbocycles. The fraction of sp³-hybridized carbons (Fsp3) is 0.400. The number of hydrogen-bond donors (Lipinski definition) is 1. The highest BCUT2D eigenvalue weighted by Crippen LogP contribution is 2.32. The van der Waals surface area contributed by atoms with E-state index in [1.165, 1.54) is 33.4 Å². The van der Waals surface area contributed by atoms with Gasteiger partial charge in [-0.1, -0.05) is 12.1 Å². The Hall–Kier alpha value is -1.04. The van der Waals surface area contributed by atoms with Crippen LogP contribution < -0.4 is 5.32 Å². The summed E-state index contributed by atoms with van der Waals surface area (Å²) in [4.78, 5) is 0. The maximum atomic E-state index is 4.80. The Bertz CT molecular complexity index is 572. The zero-order chi connectivity index (χ0) is 13.2. The SMILES string of the molecule is CCn1nc(-c2ccc(I)cc2)c2c1NCCCC2. The molecule has 0 atom stereocenters. The van der Waals surface area contributed by atoms with Gasteiger partial charge in [0.05, 0.1) is 5.69 Å². The molecule has 1 aromatic carbocycles. The summed E-state index contributed by atoms with van der Waals surface area (Å²) in [5.74, 6) is 1.23. The van der Waals surface area contributed by atoms with Gasteiger partial charge in [-0.3, -0.25) is 0 Å². The number of aromatic nitrogens is 2. The summed E-state index contributed by atoms with van der Waals surface area (Å²) < 4.78 is 3.37. The van der Waals surface area contributed by atoms with Crippen molar-refractivity contribution >= 4 is 28.4 Å². The van der Waals surface area contributed by atoms with Crippen LogP contribution in [-0.2, 0) is 13.0 Å². The number of aryl methyl sites for hydroxylation is 1. The third-order valence-electron chi connectivity index (χ3n) is 3.61. The van der Waals surface area contributed by atoms with Crippen LogP contribution in [0.25, 0.3) is 11.3 Å². The van der Waals surface area contributed by atoms with Crippen molar-refractivity contribution < 1.29 is 0 Å². The number of nitrogens with one attached hydrogen (secondary N) is 1. The molecule has 0 spiro atoms. The van der Waals surface area contributed by atoms with Gasteiger partial charge in [-0.05, 0) is 60.9 Å². The average molecular weight is 367 g/mol. The van der Waals surface area contributed by atoms with E-state index in [0.29, 0.717) is 0 Å². The van der Waals surface area contributed by atoms with Crippen LogP contribution >= 0.6 is 22.6 Å². The number of rotatable bonds is 2. The summed E-state index contributed by atoms with van der Waals surface area (Å²) in [5.41, 5.74) is 3.77. The highest BCUT2D eigenvalue weighted by molar-refractivity contribution is 14.1. The molecule has 0 radical (unpaired) electrons. The Morgan fingerprint density at radius 1 is 1.26 bits per heavy atom. The molecular weight excluding hydrogens is 349 g/mol. The highest BCUT2D eigenvalue weighted by Gasteiger charge is 2.19. The molecule has 0 amide bonds. The standard InChI is InChI=1S/C15H18IN3/c1-2-19-15-13(5-3-4-10-17-15)14(18-19)11-6-8-12(16)9-7-11/h6-9,17H,2-5,10H2,1H3. The van der Waals surface area contributed by atoms with Crippen LogP contribution in [-0.4, -0.2) is 16.3 Å². The lowest BCUT2D eigenvalue weighted by Crippen LogP contribution is -2.07. The molecule has 2 aromatic rings. The largest absolute Gasteiger partial charge is 0.370 e.